The monoisotopic (exact) mass is 350 g/mol. The van der Waals surface area contributed by atoms with Crippen LogP contribution in [-0.4, -0.2) is 57.3 Å². The molecule has 0 radical (unpaired) electrons. The molecular formula is C18H26N2O5. The first kappa shape index (κ1) is 18.1. The van der Waals surface area contributed by atoms with Crippen LogP contribution in [0.1, 0.15) is 46.2 Å². The summed E-state index contributed by atoms with van der Waals surface area (Å²) in [6.07, 6.45) is 1.35. The highest BCUT2D eigenvalue weighted by Gasteiger charge is 2.56. The molecule has 3 heterocycles. The fourth-order valence-corrected chi connectivity index (χ4v) is 3.38. The number of carbonyl (C=O) groups excluding carboxylic acids is 1. The van der Waals surface area contributed by atoms with Gasteiger partial charge >= 0.3 is 6.09 Å². The van der Waals surface area contributed by atoms with E-state index < -0.39 is 41.8 Å². The third kappa shape index (κ3) is 3.63. The van der Waals surface area contributed by atoms with Crippen LogP contribution in [-0.2, 0) is 14.2 Å². The van der Waals surface area contributed by atoms with Crippen LogP contribution in [0, 0.1) is 0 Å². The van der Waals surface area contributed by atoms with Gasteiger partial charge in [-0.15, -0.1) is 0 Å². The Balaban J connectivity index is 1.97. The van der Waals surface area contributed by atoms with Crippen LogP contribution in [0.15, 0.2) is 24.5 Å². The first-order chi connectivity index (χ1) is 11.6. The maximum Gasteiger partial charge on any atom is 0.411 e. The van der Waals surface area contributed by atoms with Crippen LogP contribution in [0.2, 0.25) is 0 Å². The van der Waals surface area contributed by atoms with Crippen molar-refractivity contribution in [2.45, 2.75) is 70.3 Å². The number of aromatic nitrogens is 1. The number of nitrogens with zero attached hydrogens (tertiary/aromatic N) is 2. The van der Waals surface area contributed by atoms with Crippen molar-refractivity contribution in [3.8, 4) is 0 Å². The summed E-state index contributed by atoms with van der Waals surface area (Å²) in [6.45, 7) is 9.29. The van der Waals surface area contributed by atoms with Crippen molar-refractivity contribution in [1.82, 2.24) is 9.88 Å². The summed E-state index contributed by atoms with van der Waals surface area (Å²) in [6, 6.07) is 2.58. The molecule has 2 aliphatic rings. The molecule has 4 atom stereocenters. The Morgan fingerprint density at radius 2 is 2.16 bits per heavy atom. The van der Waals surface area contributed by atoms with E-state index in [1.54, 1.807) is 32.3 Å². The third-order valence-electron chi connectivity index (χ3n) is 4.35. The topological polar surface area (TPSA) is 81.1 Å². The van der Waals surface area contributed by atoms with Gasteiger partial charge in [0.1, 0.15) is 17.8 Å². The van der Waals surface area contributed by atoms with Gasteiger partial charge in [-0.25, -0.2) is 4.79 Å². The minimum atomic E-state index is -0.898. The molecule has 1 aromatic rings. The zero-order valence-electron chi connectivity index (χ0n) is 15.3. The Hall–Kier alpha value is -1.70. The highest BCUT2D eigenvalue weighted by molar-refractivity contribution is 5.70. The van der Waals surface area contributed by atoms with Crippen LogP contribution >= 0.6 is 0 Å². The summed E-state index contributed by atoms with van der Waals surface area (Å²) in [7, 11) is 0. The van der Waals surface area contributed by atoms with Crippen molar-refractivity contribution in [2.75, 3.05) is 6.61 Å². The zero-order chi connectivity index (χ0) is 18.4. The number of carbonyl (C=O) groups is 1. The van der Waals surface area contributed by atoms with Crippen LogP contribution in [0.4, 0.5) is 4.79 Å². The highest BCUT2D eigenvalue weighted by Crippen LogP contribution is 2.43. The summed E-state index contributed by atoms with van der Waals surface area (Å²) in [5, 5.41) is 10.9. The number of aliphatic hydroxyl groups is 1. The second-order valence-corrected chi connectivity index (χ2v) is 7.97. The van der Waals surface area contributed by atoms with Gasteiger partial charge in [0.15, 0.2) is 5.79 Å². The second-order valence-electron chi connectivity index (χ2n) is 7.97. The lowest BCUT2D eigenvalue weighted by Gasteiger charge is -2.40. The molecule has 0 aliphatic carbocycles. The first-order valence-electron chi connectivity index (χ1n) is 8.50. The second kappa shape index (κ2) is 6.23. The van der Waals surface area contributed by atoms with Gasteiger partial charge < -0.3 is 19.3 Å². The van der Waals surface area contributed by atoms with E-state index in [2.05, 4.69) is 4.98 Å². The minimum Gasteiger partial charge on any atom is -0.444 e. The molecule has 3 rings (SSSR count). The molecule has 1 N–H and O–H groups in total. The maximum absolute atomic E-state index is 12.9. The summed E-state index contributed by atoms with van der Waals surface area (Å²) in [5.74, 6) is -0.814. The molecule has 7 heteroatoms. The van der Waals surface area contributed by atoms with E-state index in [0.29, 0.717) is 0 Å². The fourth-order valence-electron chi connectivity index (χ4n) is 3.38. The summed E-state index contributed by atoms with van der Waals surface area (Å²) >= 11 is 0. The first-order valence-corrected chi connectivity index (χ1v) is 8.50. The number of amides is 1. The number of hydrogen-bond acceptors (Lipinski definition) is 6. The molecule has 2 saturated heterocycles. The number of aliphatic hydroxyl groups excluding tert-OH is 1. The summed E-state index contributed by atoms with van der Waals surface area (Å²) < 4.78 is 17.2. The smallest absolute Gasteiger partial charge is 0.411 e. The van der Waals surface area contributed by atoms with Gasteiger partial charge in [0.25, 0.3) is 0 Å². The number of pyridine rings is 1. The lowest BCUT2D eigenvalue weighted by Crippen LogP contribution is -2.54. The Bertz CT molecular complexity index is 628. The van der Waals surface area contributed by atoms with Crippen molar-refractivity contribution in [3.63, 3.8) is 0 Å². The molecule has 0 aromatic carbocycles. The van der Waals surface area contributed by atoms with Gasteiger partial charge in [-0.05, 0) is 46.2 Å². The number of rotatable bonds is 1. The van der Waals surface area contributed by atoms with Crippen LogP contribution < -0.4 is 0 Å². The van der Waals surface area contributed by atoms with Crippen LogP contribution in [0.25, 0.3) is 0 Å². The SMILES string of the molecule is CC(C)(C)OC(=O)N1[C@@H]2COC(C)(C)O[C@H]2[C@@H](O)[C@@H]1c1cccnc1. The van der Waals surface area contributed by atoms with Gasteiger partial charge in [0.2, 0.25) is 0 Å². The van der Waals surface area contributed by atoms with Crippen LogP contribution in [0.5, 0.6) is 0 Å². The van der Waals surface area contributed by atoms with E-state index in [-0.39, 0.29) is 6.61 Å². The largest absolute Gasteiger partial charge is 0.444 e. The molecule has 2 fully saturated rings. The van der Waals surface area contributed by atoms with E-state index in [1.165, 1.54) is 4.90 Å². The van der Waals surface area contributed by atoms with E-state index in [1.807, 2.05) is 26.8 Å². The Kier molecular flexibility index (Phi) is 4.51. The molecule has 1 aromatic heterocycles. The van der Waals surface area contributed by atoms with Gasteiger partial charge in [0, 0.05) is 12.4 Å². The molecule has 138 valence electrons. The average molecular weight is 350 g/mol. The molecule has 0 saturated carbocycles. The molecule has 25 heavy (non-hydrogen) atoms. The van der Waals surface area contributed by atoms with Crippen molar-refractivity contribution in [2.24, 2.45) is 0 Å². The van der Waals surface area contributed by atoms with Gasteiger partial charge in [-0.3, -0.25) is 9.88 Å². The van der Waals surface area contributed by atoms with Crippen molar-refractivity contribution >= 4 is 6.09 Å². The molecule has 0 spiro atoms. The average Bonchev–Trinajstić information content (AvgIpc) is 2.78. The number of likely N-dealkylation sites (tertiary alicyclic amines) is 1. The van der Waals surface area contributed by atoms with E-state index in [9.17, 15) is 9.90 Å². The standard InChI is InChI=1S/C18H26N2O5/c1-17(2,3)25-16(22)20-12-10-23-18(4,5)24-15(12)14(21)13(20)11-7-6-8-19-9-11/h6-9,12-15,21H,10H2,1-5H3/t12-,13+,14+,15-/m1/s1. The summed E-state index contributed by atoms with van der Waals surface area (Å²) in [4.78, 5) is 18.5. The van der Waals surface area contributed by atoms with E-state index in [0.717, 1.165) is 5.56 Å². The number of ether oxygens (including phenoxy) is 3. The highest BCUT2D eigenvalue weighted by atomic mass is 16.7. The molecule has 0 bridgehead atoms. The van der Waals surface area contributed by atoms with E-state index in [4.69, 9.17) is 14.2 Å². The van der Waals surface area contributed by atoms with Gasteiger partial charge in [-0.1, -0.05) is 6.07 Å². The predicted octanol–water partition coefficient (Wildman–Crippen LogP) is 2.25. The molecule has 0 unspecified atom stereocenters. The lowest BCUT2D eigenvalue weighted by molar-refractivity contribution is -0.291. The number of fused-ring (bicyclic) bond motifs is 1. The Labute approximate surface area is 147 Å². The minimum absolute atomic E-state index is 0.269. The van der Waals surface area contributed by atoms with E-state index >= 15 is 0 Å². The fraction of sp³-hybridized carbons (Fsp3) is 0.667. The van der Waals surface area contributed by atoms with Gasteiger partial charge in [-0.2, -0.15) is 0 Å². The Morgan fingerprint density at radius 1 is 1.44 bits per heavy atom. The maximum atomic E-state index is 12.9. The zero-order valence-corrected chi connectivity index (χ0v) is 15.3. The van der Waals surface area contributed by atoms with Crippen LogP contribution in [0.3, 0.4) is 0 Å². The quantitative estimate of drug-likeness (QED) is 0.837. The molecule has 1 amide bonds. The van der Waals surface area contributed by atoms with Crippen molar-refractivity contribution < 1.29 is 24.1 Å². The molecular weight excluding hydrogens is 324 g/mol. The predicted molar refractivity (Wildman–Crippen MR) is 89.7 cm³/mol. The summed E-state index contributed by atoms with van der Waals surface area (Å²) in [5.41, 5.74) is 0.0894. The Morgan fingerprint density at radius 3 is 2.76 bits per heavy atom. The normalized spacial score (nSPS) is 31.5. The molecule has 7 nitrogen and oxygen atoms in total. The van der Waals surface area contributed by atoms with Gasteiger partial charge in [0.05, 0.1) is 18.7 Å². The lowest BCUT2D eigenvalue weighted by atomic mass is 10.0. The van der Waals surface area contributed by atoms with Crippen molar-refractivity contribution in [3.05, 3.63) is 30.1 Å². The van der Waals surface area contributed by atoms with Crippen molar-refractivity contribution in [1.29, 1.82) is 0 Å². The third-order valence-corrected chi connectivity index (χ3v) is 4.35. The number of hydrogen-bond donors (Lipinski definition) is 1. The molecule has 2 aliphatic heterocycles.